The summed E-state index contributed by atoms with van der Waals surface area (Å²) in [6, 6.07) is 3.75. The second kappa shape index (κ2) is 10.1. The predicted molar refractivity (Wildman–Crippen MR) is 120 cm³/mol. The molecule has 0 bridgehead atoms. The van der Waals surface area contributed by atoms with Gasteiger partial charge in [-0.05, 0) is 43.5 Å². The van der Waals surface area contributed by atoms with E-state index < -0.39 is 10.0 Å². The average Bonchev–Trinajstić information content (AvgIpc) is 3.23. The Balaban J connectivity index is 1.63. The Hall–Kier alpha value is -2.30. The lowest BCUT2D eigenvalue weighted by atomic mass is 9.90. The molecule has 0 saturated carbocycles. The fourth-order valence-corrected chi connectivity index (χ4v) is 6.11. The van der Waals surface area contributed by atoms with E-state index in [1.54, 1.807) is 24.0 Å². The number of nitrogens with zero attached hydrogens (tertiary/aromatic N) is 5. The Morgan fingerprint density at radius 2 is 1.91 bits per heavy atom. The molecule has 1 amide bonds. The molecule has 0 radical (unpaired) electrons. The summed E-state index contributed by atoms with van der Waals surface area (Å²) in [5, 5.41) is 3.15. The van der Waals surface area contributed by atoms with Crippen molar-refractivity contribution >= 4 is 15.9 Å². The lowest BCUT2D eigenvalue weighted by Crippen LogP contribution is -2.57. The molecule has 4 heterocycles. The van der Waals surface area contributed by atoms with E-state index in [4.69, 9.17) is 0 Å². The Kier molecular flexibility index (Phi) is 7.22. The number of aryl methyl sites for hydroxylation is 1. The normalized spacial score (nSPS) is 24.3. The summed E-state index contributed by atoms with van der Waals surface area (Å²) in [4.78, 5) is 23.6. The fraction of sp³-hybridized carbons (Fsp3) is 0.591. The van der Waals surface area contributed by atoms with E-state index in [0.29, 0.717) is 26.1 Å². The van der Waals surface area contributed by atoms with Gasteiger partial charge in [0.2, 0.25) is 5.91 Å². The van der Waals surface area contributed by atoms with Crippen LogP contribution in [0.5, 0.6) is 0 Å². The average molecular weight is 461 g/mol. The molecular weight excluding hydrogens is 428 g/mol. The van der Waals surface area contributed by atoms with Crippen molar-refractivity contribution in [3.63, 3.8) is 0 Å². The molecule has 10 heteroatoms. The highest BCUT2D eigenvalue weighted by Crippen LogP contribution is 2.29. The van der Waals surface area contributed by atoms with E-state index in [0.717, 1.165) is 37.8 Å². The molecule has 0 spiro atoms. The van der Waals surface area contributed by atoms with Crippen LogP contribution in [0.25, 0.3) is 0 Å². The van der Waals surface area contributed by atoms with Gasteiger partial charge in [0.25, 0.3) is 10.0 Å². The third kappa shape index (κ3) is 5.19. The molecule has 4 rings (SSSR count). The molecule has 2 atom stereocenters. The zero-order valence-corrected chi connectivity index (χ0v) is 19.4. The van der Waals surface area contributed by atoms with E-state index in [1.807, 2.05) is 12.1 Å². The van der Waals surface area contributed by atoms with Crippen molar-refractivity contribution in [2.45, 2.75) is 49.7 Å². The lowest BCUT2D eigenvalue weighted by Gasteiger charge is -2.43. The second-order valence-electron chi connectivity index (χ2n) is 8.73. The molecule has 2 fully saturated rings. The van der Waals surface area contributed by atoms with Crippen molar-refractivity contribution in [3.05, 3.63) is 42.6 Å². The number of imidazole rings is 1. The zero-order valence-electron chi connectivity index (χ0n) is 18.6. The number of amides is 1. The summed E-state index contributed by atoms with van der Waals surface area (Å²) in [7, 11) is -1.96. The van der Waals surface area contributed by atoms with Crippen LogP contribution >= 0.6 is 0 Å². The highest BCUT2D eigenvalue weighted by atomic mass is 32.2. The predicted octanol–water partition coefficient (Wildman–Crippen LogP) is 1.39. The van der Waals surface area contributed by atoms with Crippen molar-refractivity contribution in [1.82, 2.24) is 29.1 Å². The molecule has 2 unspecified atom stereocenters. The minimum absolute atomic E-state index is 0.0338. The summed E-state index contributed by atoms with van der Waals surface area (Å²) in [5.74, 6) is -0.211. The van der Waals surface area contributed by atoms with E-state index in [2.05, 4.69) is 20.2 Å². The van der Waals surface area contributed by atoms with Crippen LogP contribution in [0.2, 0.25) is 0 Å². The van der Waals surface area contributed by atoms with Crippen LogP contribution in [0.1, 0.15) is 37.7 Å². The maximum absolute atomic E-state index is 13.3. The molecule has 9 nitrogen and oxygen atoms in total. The topological polar surface area (TPSA) is 100 Å². The summed E-state index contributed by atoms with van der Waals surface area (Å²) in [6.45, 7) is 2.77. The SMILES string of the molecule is Cn1cnc(S(=O)(=O)N2CCC3C(=O)NCCCCCCN(Cc4ccncc4)C3C2)c1. The molecular formula is C22H32N6O3S. The quantitative estimate of drug-likeness (QED) is 0.740. The van der Waals surface area contributed by atoms with Crippen LogP contribution in [0.4, 0.5) is 0 Å². The molecule has 2 aliphatic heterocycles. The molecule has 174 valence electrons. The van der Waals surface area contributed by atoms with Gasteiger partial charge in [0.05, 0.1) is 12.2 Å². The van der Waals surface area contributed by atoms with E-state index in [1.165, 1.54) is 16.8 Å². The van der Waals surface area contributed by atoms with Crippen molar-refractivity contribution in [2.24, 2.45) is 13.0 Å². The van der Waals surface area contributed by atoms with Crippen molar-refractivity contribution in [2.75, 3.05) is 26.2 Å². The van der Waals surface area contributed by atoms with Gasteiger partial charge in [-0.3, -0.25) is 14.7 Å². The standard InChI is InChI=1S/C22H32N6O3S/c1-26-16-21(25-17-26)32(30,31)28-13-8-19-20(15-28)27(14-18-6-10-23-11-7-18)12-5-3-2-4-9-24-22(19)29/h6-7,10-11,16-17,19-20H,2-5,8-9,12-15H2,1H3,(H,24,29). The largest absolute Gasteiger partial charge is 0.356 e. The van der Waals surface area contributed by atoms with E-state index in [-0.39, 0.29) is 29.4 Å². The number of piperidine rings is 1. The summed E-state index contributed by atoms with van der Waals surface area (Å²) in [6.07, 6.45) is 11.2. The minimum Gasteiger partial charge on any atom is -0.356 e. The van der Waals surface area contributed by atoms with Gasteiger partial charge in [-0.15, -0.1) is 0 Å². The smallest absolute Gasteiger partial charge is 0.262 e. The van der Waals surface area contributed by atoms with Gasteiger partial charge in [0.1, 0.15) is 0 Å². The number of rotatable bonds is 4. The van der Waals surface area contributed by atoms with Gasteiger partial charge in [-0.1, -0.05) is 12.8 Å². The molecule has 0 aliphatic carbocycles. The number of pyridine rings is 1. The summed E-state index contributed by atoms with van der Waals surface area (Å²) < 4.78 is 29.7. The van der Waals surface area contributed by atoms with Crippen LogP contribution in [0.3, 0.4) is 0 Å². The maximum Gasteiger partial charge on any atom is 0.262 e. The van der Waals surface area contributed by atoms with Crippen molar-refractivity contribution in [3.8, 4) is 0 Å². The minimum atomic E-state index is -3.72. The lowest BCUT2D eigenvalue weighted by molar-refractivity contribution is -0.129. The Labute approximate surface area is 189 Å². The Morgan fingerprint density at radius 1 is 1.12 bits per heavy atom. The van der Waals surface area contributed by atoms with Gasteiger partial charge in [0, 0.05) is 57.9 Å². The van der Waals surface area contributed by atoms with Crippen LogP contribution in [-0.4, -0.2) is 70.3 Å². The van der Waals surface area contributed by atoms with Gasteiger partial charge in [-0.2, -0.15) is 4.31 Å². The molecule has 2 saturated heterocycles. The number of aromatic nitrogens is 3. The number of hydrogen-bond donors (Lipinski definition) is 1. The maximum atomic E-state index is 13.3. The van der Waals surface area contributed by atoms with Crippen LogP contribution in [0.15, 0.2) is 42.1 Å². The first-order chi connectivity index (χ1) is 15.4. The third-order valence-electron chi connectivity index (χ3n) is 6.44. The Morgan fingerprint density at radius 3 is 2.66 bits per heavy atom. The first kappa shape index (κ1) is 22.9. The van der Waals surface area contributed by atoms with Gasteiger partial charge >= 0.3 is 0 Å². The molecule has 0 aromatic carbocycles. The first-order valence-corrected chi connectivity index (χ1v) is 12.8. The number of sulfonamides is 1. The molecule has 2 aromatic rings. The number of carbonyl (C=O) groups is 1. The van der Waals surface area contributed by atoms with Gasteiger partial charge < -0.3 is 9.88 Å². The highest BCUT2D eigenvalue weighted by molar-refractivity contribution is 7.89. The molecule has 1 N–H and O–H groups in total. The van der Waals surface area contributed by atoms with E-state index in [9.17, 15) is 13.2 Å². The third-order valence-corrected chi connectivity index (χ3v) is 8.19. The van der Waals surface area contributed by atoms with Crippen LogP contribution in [0, 0.1) is 5.92 Å². The number of nitrogens with one attached hydrogen (secondary N) is 1. The molecule has 2 aromatic heterocycles. The van der Waals surface area contributed by atoms with Crippen LogP contribution in [-0.2, 0) is 28.4 Å². The van der Waals surface area contributed by atoms with Gasteiger partial charge in [0.15, 0.2) is 5.03 Å². The summed E-state index contributed by atoms with van der Waals surface area (Å²) >= 11 is 0. The molecule has 32 heavy (non-hydrogen) atoms. The van der Waals surface area contributed by atoms with Crippen molar-refractivity contribution in [1.29, 1.82) is 0 Å². The Bertz CT molecular complexity index is 1010. The summed E-state index contributed by atoms with van der Waals surface area (Å²) in [5.41, 5.74) is 1.11. The van der Waals surface area contributed by atoms with Crippen molar-refractivity contribution < 1.29 is 13.2 Å². The number of carbonyl (C=O) groups excluding carboxylic acids is 1. The monoisotopic (exact) mass is 460 g/mol. The second-order valence-corrected chi connectivity index (χ2v) is 10.6. The number of fused-ring (bicyclic) bond motifs is 1. The van der Waals surface area contributed by atoms with E-state index >= 15 is 0 Å². The highest BCUT2D eigenvalue weighted by Gasteiger charge is 2.42. The zero-order chi connectivity index (χ0) is 22.6. The molecule has 2 aliphatic rings. The fourth-order valence-electron chi connectivity index (χ4n) is 4.67. The first-order valence-electron chi connectivity index (χ1n) is 11.3. The van der Waals surface area contributed by atoms with Gasteiger partial charge in [-0.25, -0.2) is 13.4 Å². The van der Waals surface area contributed by atoms with Crippen LogP contribution < -0.4 is 5.32 Å². The number of hydrogen-bond acceptors (Lipinski definition) is 6.